The van der Waals surface area contributed by atoms with Gasteiger partial charge in [0.15, 0.2) is 0 Å². The van der Waals surface area contributed by atoms with Gasteiger partial charge in [-0.25, -0.2) is 0 Å². The van der Waals surface area contributed by atoms with Crippen LogP contribution in [0.15, 0.2) is 0 Å². The number of esters is 1. The molecule has 3 atom stereocenters. The molecule has 0 aromatic rings. The van der Waals surface area contributed by atoms with E-state index < -0.39 is 11.1 Å². The zero-order chi connectivity index (χ0) is 14.1. The number of carbonyl (C=O) groups is 1. The van der Waals surface area contributed by atoms with Gasteiger partial charge >= 0.3 is 5.97 Å². The van der Waals surface area contributed by atoms with Crippen LogP contribution in [0.1, 0.15) is 66.2 Å². The van der Waals surface area contributed by atoms with Crippen LogP contribution in [-0.4, -0.2) is 23.7 Å². The van der Waals surface area contributed by atoms with Crippen LogP contribution in [0.25, 0.3) is 0 Å². The van der Waals surface area contributed by atoms with Crippen LogP contribution in [0.5, 0.6) is 0 Å². The van der Waals surface area contributed by atoms with Gasteiger partial charge in [0.25, 0.3) is 0 Å². The van der Waals surface area contributed by atoms with Gasteiger partial charge in [-0.3, -0.25) is 4.79 Å². The first-order valence-electron chi connectivity index (χ1n) is 7.87. The fourth-order valence-corrected chi connectivity index (χ4v) is 3.80. The quantitative estimate of drug-likeness (QED) is 0.794. The molecule has 0 bridgehead atoms. The van der Waals surface area contributed by atoms with Gasteiger partial charge in [-0.1, -0.05) is 26.2 Å². The fourth-order valence-electron chi connectivity index (χ4n) is 3.80. The summed E-state index contributed by atoms with van der Waals surface area (Å²) in [7, 11) is 0. The maximum atomic E-state index is 12.7. The van der Waals surface area contributed by atoms with Crippen molar-refractivity contribution in [2.75, 3.05) is 6.54 Å². The minimum atomic E-state index is -0.398. The molecule has 0 amide bonds. The molecule has 2 rings (SSSR count). The van der Waals surface area contributed by atoms with E-state index in [4.69, 9.17) is 4.74 Å². The Morgan fingerprint density at radius 3 is 2.74 bits per heavy atom. The number of fused-ring (bicyclic) bond motifs is 1. The van der Waals surface area contributed by atoms with E-state index in [-0.39, 0.29) is 5.97 Å². The third kappa shape index (κ3) is 2.96. The van der Waals surface area contributed by atoms with E-state index in [2.05, 4.69) is 12.2 Å². The van der Waals surface area contributed by atoms with Gasteiger partial charge in [0.2, 0.25) is 0 Å². The molecule has 1 N–H and O–H groups in total. The Bertz CT molecular complexity index is 334. The number of ether oxygens (including phenoxy) is 1. The molecule has 0 aromatic carbocycles. The normalized spacial score (nSPS) is 34.3. The van der Waals surface area contributed by atoms with Crippen LogP contribution in [0, 0.1) is 11.8 Å². The van der Waals surface area contributed by atoms with Crippen molar-refractivity contribution < 1.29 is 9.53 Å². The maximum Gasteiger partial charge on any atom is 0.327 e. The Hall–Kier alpha value is -0.570. The van der Waals surface area contributed by atoms with Gasteiger partial charge in [0.1, 0.15) is 11.1 Å². The zero-order valence-electron chi connectivity index (χ0n) is 12.9. The predicted octanol–water partition coefficient (Wildman–Crippen LogP) is 3.28. The molecule has 3 heteroatoms. The second-order valence-corrected chi connectivity index (χ2v) is 7.26. The number of unbranched alkanes of at least 4 members (excludes halogenated alkanes) is 1. The van der Waals surface area contributed by atoms with Crippen LogP contribution < -0.4 is 5.32 Å². The molecule has 2 aliphatic rings. The smallest absolute Gasteiger partial charge is 0.327 e. The summed E-state index contributed by atoms with van der Waals surface area (Å²) in [5.41, 5.74) is -0.793. The zero-order valence-corrected chi connectivity index (χ0v) is 12.9. The molecule has 0 aromatic heterocycles. The van der Waals surface area contributed by atoms with Crippen molar-refractivity contribution in [3.63, 3.8) is 0 Å². The molecule has 0 spiro atoms. The molecule has 0 radical (unpaired) electrons. The van der Waals surface area contributed by atoms with E-state index >= 15 is 0 Å². The molecule has 1 aliphatic carbocycles. The molecule has 110 valence electrons. The first-order valence-corrected chi connectivity index (χ1v) is 7.87. The van der Waals surface area contributed by atoms with E-state index in [9.17, 15) is 4.79 Å². The summed E-state index contributed by atoms with van der Waals surface area (Å²) in [5, 5.41) is 3.55. The lowest BCUT2D eigenvalue weighted by molar-refractivity contribution is -0.165. The minimum Gasteiger partial charge on any atom is -0.459 e. The van der Waals surface area contributed by atoms with Crippen molar-refractivity contribution in [2.24, 2.45) is 11.8 Å². The summed E-state index contributed by atoms with van der Waals surface area (Å²) >= 11 is 0. The number of rotatable bonds is 4. The highest BCUT2D eigenvalue weighted by molar-refractivity contribution is 5.82. The monoisotopic (exact) mass is 267 g/mol. The molecule has 19 heavy (non-hydrogen) atoms. The van der Waals surface area contributed by atoms with Crippen molar-refractivity contribution >= 4 is 5.97 Å². The van der Waals surface area contributed by atoms with Crippen molar-refractivity contribution in [1.82, 2.24) is 5.32 Å². The van der Waals surface area contributed by atoms with Gasteiger partial charge < -0.3 is 10.1 Å². The summed E-state index contributed by atoms with van der Waals surface area (Å²) < 4.78 is 5.73. The summed E-state index contributed by atoms with van der Waals surface area (Å²) in [6.45, 7) is 9.05. The van der Waals surface area contributed by atoms with Crippen molar-refractivity contribution in [1.29, 1.82) is 0 Å². The highest BCUT2D eigenvalue weighted by Gasteiger charge is 2.55. The Kier molecular flexibility index (Phi) is 4.24. The Balaban J connectivity index is 2.17. The molecule has 1 aliphatic heterocycles. The molecule has 3 unspecified atom stereocenters. The van der Waals surface area contributed by atoms with Crippen LogP contribution in [-0.2, 0) is 9.53 Å². The first kappa shape index (κ1) is 14.8. The molecular weight excluding hydrogens is 238 g/mol. The molecule has 3 nitrogen and oxygen atoms in total. The maximum absolute atomic E-state index is 12.7. The third-order valence-corrected chi connectivity index (χ3v) is 4.66. The number of nitrogens with one attached hydrogen (secondary N) is 1. The van der Waals surface area contributed by atoms with Crippen molar-refractivity contribution in [2.45, 2.75) is 77.4 Å². The fraction of sp³-hybridized carbons (Fsp3) is 0.938. The van der Waals surface area contributed by atoms with Gasteiger partial charge in [-0.15, -0.1) is 0 Å². The second-order valence-electron chi connectivity index (χ2n) is 7.26. The largest absolute Gasteiger partial charge is 0.459 e. The van der Waals surface area contributed by atoms with Gasteiger partial charge in [0, 0.05) is 0 Å². The molecule has 1 saturated heterocycles. The van der Waals surface area contributed by atoms with E-state index in [1.54, 1.807) is 0 Å². The first-order chi connectivity index (χ1) is 8.89. The van der Waals surface area contributed by atoms with E-state index in [1.807, 2.05) is 20.8 Å². The van der Waals surface area contributed by atoms with Crippen molar-refractivity contribution in [3.8, 4) is 0 Å². The summed E-state index contributed by atoms with van der Waals surface area (Å²) in [4.78, 5) is 12.7. The third-order valence-electron chi connectivity index (χ3n) is 4.66. The Labute approximate surface area is 117 Å². The average Bonchev–Trinajstić information content (AvgIpc) is 2.86. The average molecular weight is 267 g/mol. The summed E-state index contributed by atoms with van der Waals surface area (Å²) in [5.74, 6) is 1.17. The highest BCUT2D eigenvalue weighted by Crippen LogP contribution is 2.46. The SMILES string of the molecule is CCCCC1(C(=O)OC(C)(C)C)NCC2CCCC21. The molecule has 1 saturated carbocycles. The highest BCUT2D eigenvalue weighted by atomic mass is 16.6. The number of carbonyl (C=O) groups excluding carboxylic acids is 1. The lowest BCUT2D eigenvalue weighted by Crippen LogP contribution is -2.54. The van der Waals surface area contributed by atoms with Gasteiger partial charge in [-0.05, 0) is 58.4 Å². The molecular formula is C16H29NO2. The second kappa shape index (κ2) is 5.43. The lowest BCUT2D eigenvalue weighted by Gasteiger charge is -2.35. The summed E-state index contributed by atoms with van der Waals surface area (Å²) in [6, 6.07) is 0. The van der Waals surface area contributed by atoms with Crippen LogP contribution >= 0.6 is 0 Å². The Morgan fingerprint density at radius 2 is 2.11 bits per heavy atom. The van der Waals surface area contributed by atoms with Gasteiger partial charge in [0.05, 0.1) is 0 Å². The van der Waals surface area contributed by atoms with E-state index in [0.29, 0.717) is 11.8 Å². The van der Waals surface area contributed by atoms with Gasteiger partial charge in [-0.2, -0.15) is 0 Å². The Morgan fingerprint density at radius 1 is 1.37 bits per heavy atom. The van der Waals surface area contributed by atoms with Crippen molar-refractivity contribution in [3.05, 3.63) is 0 Å². The standard InChI is InChI=1S/C16H29NO2/c1-5-6-10-16(14(18)19-15(2,3)4)13-9-7-8-12(13)11-17-16/h12-13,17H,5-11H2,1-4H3. The number of hydrogen-bond donors (Lipinski definition) is 1. The van der Waals surface area contributed by atoms with E-state index in [0.717, 1.165) is 25.8 Å². The summed E-state index contributed by atoms with van der Waals surface area (Å²) in [6.07, 6.45) is 6.88. The van der Waals surface area contributed by atoms with E-state index in [1.165, 1.54) is 19.3 Å². The minimum absolute atomic E-state index is 0.0112. The lowest BCUT2D eigenvalue weighted by atomic mass is 9.78. The van der Waals surface area contributed by atoms with Crippen LogP contribution in [0.2, 0.25) is 0 Å². The molecule has 2 fully saturated rings. The topological polar surface area (TPSA) is 38.3 Å². The predicted molar refractivity (Wildman–Crippen MR) is 76.9 cm³/mol. The van der Waals surface area contributed by atoms with Crippen LogP contribution in [0.4, 0.5) is 0 Å². The number of hydrogen-bond acceptors (Lipinski definition) is 3. The van der Waals surface area contributed by atoms with Crippen LogP contribution in [0.3, 0.4) is 0 Å². The molecule has 1 heterocycles.